The van der Waals surface area contributed by atoms with Crippen LogP contribution in [0.4, 0.5) is 0 Å². The van der Waals surface area contributed by atoms with E-state index in [2.05, 4.69) is 16.4 Å². The van der Waals surface area contributed by atoms with Crippen LogP contribution < -0.4 is 10.1 Å². The summed E-state index contributed by atoms with van der Waals surface area (Å²) in [5.74, 6) is 2.31. The minimum atomic E-state index is 0.685. The predicted molar refractivity (Wildman–Crippen MR) is 67.3 cm³/mol. The van der Waals surface area contributed by atoms with Crippen molar-refractivity contribution in [3.8, 4) is 5.88 Å². The maximum Gasteiger partial charge on any atom is 0.212 e. The first-order chi connectivity index (χ1) is 8.35. The summed E-state index contributed by atoms with van der Waals surface area (Å²) in [4.78, 5) is 4.32. The molecule has 2 fully saturated rings. The third-order valence-corrected chi connectivity index (χ3v) is 4.23. The molecule has 0 amide bonds. The molecule has 1 aliphatic heterocycles. The van der Waals surface area contributed by atoms with E-state index >= 15 is 0 Å². The Bertz CT molecular complexity index is 364. The van der Waals surface area contributed by atoms with Gasteiger partial charge < -0.3 is 10.1 Å². The van der Waals surface area contributed by atoms with Gasteiger partial charge in [0.1, 0.15) is 0 Å². The van der Waals surface area contributed by atoms with Crippen molar-refractivity contribution in [3.05, 3.63) is 23.9 Å². The normalized spacial score (nSPS) is 32.2. The van der Waals surface area contributed by atoms with Crippen molar-refractivity contribution in [1.29, 1.82) is 0 Å². The number of hydrogen-bond acceptors (Lipinski definition) is 3. The van der Waals surface area contributed by atoms with Crippen molar-refractivity contribution in [2.75, 3.05) is 13.7 Å². The van der Waals surface area contributed by atoms with Gasteiger partial charge in [0.2, 0.25) is 5.88 Å². The number of ether oxygens (including phenoxy) is 1. The molecule has 2 aliphatic rings. The standard InChI is InChI=1S/C14H20N2O/c1-17-14-3-2-11(9-16-14)12-6-10-4-5-15-13(7-10)8-12/h2-3,9-10,12-13,15H,4-8H2,1H3. The Kier molecular flexibility index (Phi) is 3.02. The zero-order chi connectivity index (χ0) is 11.7. The van der Waals surface area contributed by atoms with E-state index < -0.39 is 0 Å². The highest BCUT2D eigenvalue weighted by Gasteiger charge is 2.32. The lowest BCUT2D eigenvalue weighted by atomic mass is 9.73. The number of aromatic nitrogens is 1. The average molecular weight is 232 g/mol. The van der Waals surface area contributed by atoms with Crippen LogP contribution in [0, 0.1) is 5.92 Å². The Morgan fingerprint density at radius 3 is 2.94 bits per heavy atom. The average Bonchev–Trinajstić information content (AvgIpc) is 2.38. The van der Waals surface area contributed by atoms with Gasteiger partial charge in [-0.1, -0.05) is 6.07 Å². The third-order valence-electron chi connectivity index (χ3n) is 4.23. The molecule has 0 spiro atoms. The first-order valence-electron chi connectivity index (χ1n) is 6.58. The summed E-state index contributed by atoms with van der Waals surface area (Å²) in [5, 5.41) is 3.63. The molecule has 3 nitrogen and oxygen atoms in total. The lowest BCUT2D eigenvalue weighted by molar-refractivity contribution is 0.203. The van der Waals surface area contributed by atoms with Gasteiger partial charge in [-0.2, -0.15) is 0 Å². The van der Waals surface area contributed by atoms with Crippen LogP contribution in [0.2, 0.25) is 0 Å². The summed E-state index contributed by atoms with van der Waals surface area (Å²) in [6.45, 7) is 1.21. The Morgan fingerprint density at radius 2 is 2.24 bits per heavy atom. The maximum absolute atomic E-state index is 5.11. The molecule has 0 aromatic carbocycles. The zero-order valence-corrected chi connectivity index (χ0v) is 10.4. The first kappa shape index (κ1) is 11.0. The highest BCUT2D eigenvalue weighted by molar-refractivity contribution is 5.22. The van der Waals surface area contributed by atoms with E-state index in [4.69, 9.17) is 4.74 Å². The van der Waals surface area contributed by atoms with Crippen LogP contribution in [-0.4, -0.2) is 24.7 Å². The Labute approximate surface area is 103 Å². The molecule has 1 aromatic heterocycles. The molecule has 3 unspecified atom stereocenters. The van der Waals surface area contributed by atoms with E-state index in [1.54, 1.807) is 7.11 Å². The summed E-state index contributed by atoms with van der Waals surface area (Å²) in [6, 6.07) is 4.89. The van der Waals surface area contributed by atoms with Crippen LogP contribution in [0.5, 0.6) is 5.88 Å². The van der Waals surface area contributed by atoms with Crippen LogP contribution in [0.15, 0.2) is 18.3 Å². The number of pyridine rings is 1. The molecule has 3 atom stereocenters. The van der Waals surface area contributed by atoms with Gasteiger partial charge in [-0.05, 0) is 49.6 Å². The second-order valence-corrected chi connectivity index (χ2v) is 5.34. The molecule has 1 aliphatic carbocycles. The van der Waals surface area contributed by atoms with Crippen molar-refractivity contribution in [1.82, 2.24) is 10.3 Å². The lowest BCUT2D eigenvalue weighted by Gasteiger charge is -2.39. The Hall–Kier alpha value is -1.09. The quantitative estimate of drug-likeness (QED) is 0.849. The van der Waals surface area contributed by atoms with Crippen molar-refractivity contribution >= 4 is 0 Å². The van der Waals surface area contributed by atoms with Gasteiger partial charge in [0.15, 0.2) is 0 Å². The molecule has 2 bridgehead atoms. The Balaban J connectivity index is 1.74. The lowest BCUT2D eigenvalue weighted by Crippen LogP contribution is -2.42. The van der Waals surface area contributed by atoms with Crippen molar-refractivity contribution in [2.45, 2.75) is 37.6 Å². The number of fused-ring (bicyclic) bond motifs is 2. The smallest absolute Gasteiger partial charge is 0.212 e. The van der Waals surface area contributed by atoms with Gasteiger partial charge in [0, 0.05) is 18.3 Å². The largest absolute Gasteiger partial charge is 0.481 e. The summed E-state index contributed by atoms with van der Waals surface area (Å²) in [5.41, 5.74) is 1.38. The second-order valence-electron chi connectivity index (χ2n) is 5.34. The van der Waals surface area contributed by atoms with E-state index in [-0.39, 0.29) is 0 Å². The van der Waals surface area contributed by atoms with Crippen LogP contribution in [-0.2, 0) is 0 Å². The number of nitrogens with zero attached hydrogens (tertiary/aromatic N) is 1. The molecule has 1 aromatic rings. The Morgan fingerprint density at radius 1 is 1.29 bits per heavy atom. The summed E-state index contributed by atoms with van der Waals surface area (Å²) in [7, 11) is 1.66. The maximum atomic E-state index is 5.11. The highest BCUT2D eigenvalue weighted by Crippen LogP contribution is 2.39. The molecular weight excluding hydrogens is 212 g/mol. The molecule has 3 heteroatoms. The molecule has 2 heterocycles. The summed E-state index contributed by atoms with van der Waals surface area (Å²) in [6.07, 6.45) is 7.32. The second kappa shape index (κ2) is 4.65. The molecule has 1 saturated heterocycles. The van der Waals surface area contributed by atoms with E-state index in [1.807, 2.05) is 12.3 Å². The summed E-state index contributed by atoms with van der Waals surface area (Å²) >= 11 is 0. The topological polar surface area (TPSA) is 34.1 Å². The minimum Gasteiger partial charge on any atom is -0.481 e. The predicted octanol–water partition coefficient (Wildman–Crippen LogP) is 2.34. The van der Waals surface area contributed by atoms with Crippen molar-refractivity contribution < 1.29 is 4.74 Å². The molecule has 17 heavy (non-hydrogen) atoms. The van der Waals surface area contributed by atoms with E-state index in [1.165, 1.54) is 37.8 Å². The van der Waals surface area contributed by atoms with Gasteiger partial charge in [-0.25, -0.2) is 4.98 Å². The van der Waals surface area contributed by atoms with Crippen molar-refractivity contribution in [3.63, 3.8) is 0 Å². The number of piperidine rings is 1. The molecule has 1 N–H and O–H groups in total. The monoisotopic (exact) mass is 232 g/mol. The molecular formula is C14H20N2O. The fraction of sp³-hybridized carbons (Fsp3) is 0.643. The first-order valence-corrected chi connectivity index (χ1v) is 6.58. The van der Waals surface area contributed by atoms with E-state index in [9.17, 15) is 0 Å². The fourth-order valence-corrected chi connectivity index (χ4v) is 3.36. The zero-order valence-electron chi connectivity index (χ0n) is 10.4. The third kappa shape index (κ3) is 2.29. The number of hydrogen-bond donors (Lipinski definition) is 1. The minimum absolute atomic E-state index is 0.685. The van der Waals surface area contributed by atoms with Gasteiger partial charge >= 0.3 is 0 Å². The number of rotatable bonds is 2. The fourth-order valence-electron chi connectivity index (χ4n) is 3.36. The van der Waals surface area contributed by atoms with Gasteiger partial charge in [0.25, 0.3) is 0 Å². The molecule has 1 saturated carbocycles. The van der Waals surface area contributed by atoms with Gasteiger partial charge in [0.05, 0.1) is 7.11 Å². The number of methoxy groups -OCH3 is 1. The molecule has 92 valence electrons. The van der Waals surface area contributed by atoms with E-state index in [0.717, 1.165) is 12.0 Å². The van der Waals surface area contributed by atoms with Crippen LogP contribution >= 0.6 is 0 Å². The number of nitrogens with one attached hydrogen (secondary N) is 1. The SMILES string of the molecule is COc1ccc(C2CC3CCNC(C3)C2)cn1. The van der Waals surface area contributed by atoms with Gasteiger partial charge in [-0.3, -0.25) is 0 Å². The van der Waals surface area contributed by atoms with Crippen LogP contribution in [0.25, 0.3) is 0 Å². The molecule has 3 rings (SSSR count). The van der Waals surface area contributed by atoms with Gasteiger partial charge in [-0.15, -0.1) is 0 Å². The summed E-state index contributed by atoms with van der Waals surface area (Å²) < 4.78 is 5.11. The van der Waals surface area contributed by atoms with Crippen LogP contribution in [0.1, 0.15) is 37.2 Å². The van der Waals surface area contributed by atoms with Crippen LogP contribution in [0.3, 0.4) is 0 Å². The highest BCUT2D eigenvalue weighted by atomic mass is 16.5. The van der Waals surface area contributed by atoms with Crippen molar-refractivity contribution in [2.24, 2.45) is 5.92 Å². The van der Waals surface area contributed by atoms with E-state index in [0.29, 0.717) is 11.8 Å². The molecule has 0 radical (unpaired) electrons.